The number of amides is 1. The van der Waals surface area contributed by atoms with Crippen LogP contribution in [-0.4, -0.2) is 15.9 Å². The molecule has 0 aromatic heterocycles. The fourth-order valence-corrected chi connectivity index (χ4v) is 3.44. The van der Waals surface area contributed by atoms with E-state index in [1.807, 2.05) is 0 Å². The van der Waals surface area contributed by atoms with Gasteiger partial charge in [0, 0.05) is 0 Å². The number of hydrogen-bond acceptors (Lipinski definition) is 2. The lowest BCUT2D eigenvalue weighted by atomic mass is 9.93. The highest BCUT2D eigenvalue weighted by Gasteiger charge is 2.28. The van der Waals surface area contributed by atoms with Gasteiger partial charge in [0.05, 0.1) is 9.96 Å². The monoisotopic (exact) mass is 235 g/mol. The topological polar surface area (TPSA) is 43.1 Å². The molecule has 0 aromatic rings. The van der Waals surface area contributed by atoms with Crippen molar-refractivity contribution >= 4 is 29.3 Å². The molecule has 0 spiro atoms. The van der Waals surface area contributed by atoms with Crippen LogP contribution in [0.25, 0.3) is 0 Å². The van der Waals surface area contributed by atoms with E-state index in [9.17, 15) is 4.79 Å². The van der Waals surface area contributed by atoms with Crippen LogP contribution in [0.3, 0.4) is 0 Å². The van der Waals surface area contributed by atoms with E-state index in [0.29, 0.717) is 11.8 Å². The van der Waals surface area contributed by atoms with E-state index in [-0.39, 0.29) is 15.9 Å². The Morgan fingerprint density at radius 2 is 2.07 bits per heavy atom. The van der Waals surface area contributed by atoms with E-state index in [0.717, 1.165) is 19.3 Å². The third kappa shape index (κ3) is 3.35. The van der Waals surface area contributed by atoms with Crippen LogP contribution < -0.4 is 5.73 Å². The Bertz CT molecular complexity index is 212. The van der Waals surface area contributed by atoms with Gasteiger partial charge in [-0.2, -0.15) is 0 Å². The molecule has 1 heterocycles. The minimum Gasteiger partial charge on any atom is -0.369 e. The van der Waals surface area contributed by atoms with Gasteiger partial charge in [0.2, 0.25) is 5.91 Å². The first-order valence-corrected chi connectivity index (χ1v) is 6.47. The number of halogens is 1. The number of hydrogen-bond donors (Lipinski definition) is 1. The van der Waals surface area contributed by atoms with Crippen molar-refractivity contribution in [3.63, 3.8) is 0 Å². The maximum atomic E-state index is 11.1. The van der Waals surface area contributed by atoms with E-state index < -0.39 is 0 Å². The molecular weight excluding hydrogens is 218 g/mol. The van der Waals surface area contributed by atoms with Crippen LogP contribution in [0.5, 0.6) is 0 Å². The maximum Gasteiger partial charge on any atom is 0.230 e. The van der Waals surface area contributed by atoms with Crippen LogP contribution >= 0.6 is 23.4 Å². The fourth-order valence-electron chi connectivity index (χ4n) is 1.86. The van der Waals surface area contributed by atoms with Crippen LogP contribution in [0.4, 0.5) is 0 Å². The number of carbonyl (C=O) groups is 1. The van der Waals surface area contributed by atoms with Crippen LogP contribution in [-0.2, 0) is 4.79 Å². The normalized spacial score (nSPS) is 39.9. The molecule has 1 rings (SSSR count). The molecule has 4 atom stereocenters. The predicted molar refractivity (Wildman–Crippen MR) is 62.4 cm³/mol. The standard InChI is InChI=1S/C10H18ClNOS/c1-6-3-4-8(10(12)13)14-9(11)7(2)5-6/h6-9H,3-5H2,1-2H3,(H2,12,13). The molecule has 2 N–H and O–H groups in total. The van der Waals surface area contributed by atoms with Gasteiger partial charge in [-0.25, -0.2) is 0 Å². The largest absolute Gasteiger partial charge is 0.369 e. The average Bonchev–Trinajstić information content (AvgIpc) is 2.09. The van der Waals surface area contributed by atoms with E-state index in [1.54, 1.807) is 0 Å². The molecule has 0 aromatic carbocycles. The molecule has 0 radical (unpaired) electrons. The summed E-state index contributed by atoms with van der Waals surface area (Å²) >= 11 is 7.73. The lowest BCUT2D eigenvalue weighted by Gasteiger charge is -2.28. The second-order valence-electron chi connectivity index (χ2n) is 4.27. The molecule has 1 fully saturated rings. The molecule has 1 saturated heterocycles. The zero-order valence-electron chi connectivity index (χ0n) is 8.70. The zero-order chi connectivity index (χ0) is 10.7. The molecule has 82 valence electrons. The zero-order valence-corrected chi connectivity index (χ0v) is 10.3. The lowest BCUT2D eigenvalue weighted by Crippen LogP contribution is -2.30. The van der Waals surface area contributed by atoms with Crippen molar-refractivity contribution in [1.82, 2.24) is 0 Å². The van der Waals surface area contributed by atoms with Gasteiger partial charge < -0.3 is 5.73 Å². The number of carbonyl (C=O) groups excluding carboxylic acids is 1. The molecule has 0 aliphatic carbocycles. The second-order valence-corrected chi connectivity index (χ2v) is 6.35. The lowest BCUT2D eigenvalue weighted by molar-refractivity contribution is -0.117. The summed E-state index contributed by atoms with van der Waals surface area (Å²) in [5.41, 5.74) is 5.32. The summed E-state index contributed by atoms with van der Waals surface area (Å²) in [6.07, 6.45) is 3.10. The molecule has 14 heavy (non-hydrogen) atoms. The van der Waals surface area contributed by atoms with Crippen molar-refractivity contribution in [3.8, 4) is 0 Å². The Morgan fingerprint density at radius 1 is 1.43 bits per heavy atom. The Balaban J connectivity index is 2.62. The minimum absolute atomic E-state index is 0.0234. The van der Waals surface area contributed by atoms with Crippen molar-refractivity contribution < 1.29 is 4.79 Å². The highest BCUT2D eigenvalue weighted by Crippen LogP contribution is 2.37. The van der Waals surface area contributed by atoms with Crippen molar-refractivity contribution in [1.29, 1.82) is 0 Å². The van der Waals surface area contributed by atoms with Crippen LogP contribution in [0.2, 0.25) is 0 Å². The average molecular weight is 236 g/mol. The summed E-state index contributed by atoms with van der Waals surface area (Å²) in [7, 11) is 0. The molecule has 0 bridgehead atoms. The Kier molecular flexibility index (Phi) is 4.58. The van der Waals surface area contributed by atoms with E-state index >= 15 is 0 Å². The number of rotatable bonds is 1. The van der Waals surface area contributed by atoms with Crippen molar-refractivity contribution in [2.45, 2.75) is 43.1 Å². The van der Waals surface area contributed by atoms with Gasteiger partial charge in [-0.1, -0.05) is 13.8 Å². The summed E-state index contributed by atoms with van der Waals surface area (Å²) in [5, 5.41) is -0.0947. The molecule has 4 unspecified atom stereocenters. The van der Waals surface area contributed by atoms with Gasteiger partial charge >= 0.3 is 0 Å². The van der Waals surface area contributed by atoms with E-state index in [2.05, 4.69) is 13.8 Å². The first-order chi connectivity index (χ1) is 6.50. The fraction of sp³-hybridized carbons (Fsp3) is 0.900. The third-order valence-electron chi connectivity index (χ3n) is 2.75. The van der Waals surface area contributed by atoms with E-state index in [1.165, 1.54) is 11.8 Å². The minimum atomic E-state index is -0.220. The van der Waals surface area contributed by atoms with Gasteiger partial charge in [0.25, 0.3) is 0 Å². The predicted octanol–water partition coefficient (Wildman–Crippen LogP) is 2.59. The molecule has 1 amide bonds. The van der Waals surface area contributed by atoms with Gasteiger partial charge in [0.15, 0.2) is 0 Å². The highest BCUT2D eigenvalue weighted by atomic mass is 35.5. The van der Waals surface area contributed by atoms with Crippen LogP contribution in [0.1, 0.15) is 33.1 Å². The molecule has 1 aliphatic rings. The maximum absolute atomic E-state index is 11.1. The summed E-state index contributed by atoms with van der Waals surface area (Å²) in [6, 6.07) is 0. The number of thioether (sulfide) groups is 1. The molecular formula is C10H18ClNOS. The van der Waals surface area contributed by atoms with Crippen LogP contribution in [0.15, 0.2) is 0 Å². The van der Waals surface area contributed by atoms with Gasteiger partial charge in [0.1, 0.15) is 0 Å². The highest BCUT2D eigenvalue weighted by molar-refractivity contribution is 8.02. The van der Waals surface area contributed by atoms with Crippen LogP contribution in [0, 0.1) is 11.8 Å². The molecule has 0 saturated carbocycles. The number of alkyl halides is 1. The first-order valence-electron chi connectivity index (χ1n) is 5.09. The molecule has 4 heteroatoms. The second kappa shape index (κ2) is 5.26. The van der Waals surface area contributed by atoms with Crippen molar-refractivity contribution in [2.75, 3.05) is 0 Å². The Morgan fingerprint density at radius 3 is 2.64 bits per heavy atom. The summed E-state index contributed by atoms with van der Waals surface area (Å²) in [5.74, 6) is 0.884. The first kappa shape index (κ1) is 12.2. The summed E-state index contributed by atoms with van der Waals surface area (Å²) in [4.78, 5) is 11.1. The van der Waals surface area contributed by atoms with E-state index in [4.69, 9.17) is 17.3 Å². The summed E-state index contributed by atoms with van der Waals surface area (Å²) in [6.45, 7) is 4.36. The smallest absolute Gasteiger partial charge is 0.230 e. The third-order valence-corrected chi connectivity index (χ3v) is 5.01. The van der Waals surface area contributed by atoms with Gasteiger partial charge in [-0.3, -0.25) is 4.79 Å². The molecule has 2 nitrogen and oxygen atoms in total. The van der Waals surface area contributed by atoms with Crippen molar-refractivity contribution in [3.05, 3.63) is 0 Å². The number of primary amides is 1. The summed E-state index contributed by atoms with van der Waals surface area (Å²) < 4.78 is 0.0234. The number of nitrogens with two attached hydrogens (primary N) is 1. The van der Waals surface area contributed by atoms with Gasteiger partial charge in [-0.05, 0) is 31.1 Å². The van der Waals surface area contributed by atoms with Crippen molar-refractivity contribution in [2.24, 2.45) is 17.6 Å². The Hall–Kier alpha value is 0.110. The quantitative estimate of drug-likeness (QED) is 0.710. The Labute approximate surface area is 94.9 Å². The molecule has 1 aliphatic heterocycles. The SMILES string of the molecule is CC1CCC(C(N)=O)SC(Cl)C(C)C1. The van der Waals surface area contributed by atoms with Gasteiger partial charge in [-0.15, -0.1) is 23.4 Å².